The van der Waals surface area contributed by atoms with Gasteiger partial charge in [-0.25, -0.2) is 0 Å². The summed E-state index contributed by atoms with van der Waals surface area (Å²) >= 11 is 1.70. The third kappa shape index (κ3) is 1.87. The lowest BCUT2D eigenvalue weighted by molar-refractivity contribution is 0.422. The van der Waals surface area contributed by atoms with E-state index in [2.05, 4.69) is 17.1 Å². The summed E-state index contributed by atoms with van der Waals surface area (Å²) in [6.45, 7) is 2.30. The molecule has 2 aromatic heterocycles. The van der Waals surface area contributed by atoms with Gasteiger partial charge >= 0.3 is 0 Å². The number of nitrogen functional groups attached to an aromatic ring is 1. The first-order chi connectivity index (χ1) is 9.22. The number of rotatable bonds is 2. The fourth-order valence-electron chi connectivity index (χ4n) is 2.85. The Labute approximate surface area is 116 Å². The summed E-state index contributed by atoms with van der Waals surface area (Å²) < 4.78 is 5.45. The molecule has 2 aliphatic carbocycles. The van der Waals surface area contributed by atoms with Gasteiger partial charge in [0.1, 0.15) is 0 Å². The van der Waals surface area contributed by atoms with Crippen LogP contribution in [-0.4, -0.2) is 10.1 Å². The van der Waals surface area contributed by atoms with Crippen molar-refractivity contribution in [2.24, 2.45) is 5.92 Å². The lowest BCUT2D eigenvalue weighted by Crippen LogP contribution is -2.09. The molecule has 0 aromatic carbocycles. The van der Waals surface area contributed by atoms with Gasteiger partial charge in [-0.05, 0) is 43.6 Å². The quantitative estimate of drug-likeness (QED) is 0.912. The highest BCUT2D eigenvalue weighted by Crippen LogP contribution is 2.44. The van der Waals surface area contributed by atoms with Crippen LogP contribution in [0.4, 0.5) is 5.00 Å². The second-order valence-electron chi connectivity index (χ2n) is 5.82. The molecule has 4 nitrogen and oxygen atoms in total. The maximum Gasteiger partial charge on any atom is 0.261 e. The predicted molar refractivity (Wildman–Crippen MR) is 75.2 cm³/mol. The van der Waals surface area contributed by atoms with Gasteiger partial charge in [-0.15, -0.1) is 11.3 Å². The molecule has 2 aromatic rings. The third-order valence-electron chi connectivity index (χ3n) is 4.14. The maximum absolute atomic E-state index is 6.19. The van der Waals surface area contributed by atoms with Gasteiger partial charge in [0.2, 0.25) is 0 Å². The van der Waals surface area contributed by atoms with Gasteiger partial charge in [-0.1, -0.05) is 12.1 Å². The van der Waals surface area contributed by atoms with E-state index in [-0.39, 0.29) is 0 Å². The molecule has 0 radical (unpaired) electrons. The van der Waals surface area contributed by atoms with Gasteiger partial charge in [0.25, 0.3) is 5.89 Å². The normalized spacial score (nSPS) is 22.5. The molecule has 2 aliphatic rings. The molecule has 0 bridgehead atoms. The van der Waals surface area contributed by atoms with Gasteiger partial charge in [-0.3, -0.25) is 0 Å². The van der Waals surface area contributed by atoms with E-state index in [1.807, 2.05) is 0 Å². The number of thiophene rings is 1. The minimum Gasteiger partial charge on any atom is -0.390 e. The molecule has 2 N–H and O–H groups in total. The molecule has 4 rings (SSSR count). The number of nitrogens with two attached hydrogens (primary N) is 1. The second kappa shape index (κ2) is 4.07. The Hall–Kier alpha value is -1.36. The van der Waals surface area contributed by atoms with Crippen LogP contribution >= 0.6 is 11.3 Å². The molecular weight excluding hydrogens is 258 g/mol. The van der Waals surface area contributed by atoms with Crippen LogP contribution in [0.2, 0.25) is 0 Å². The van der Waals surface area contributed by atoms with Crippen molar-refractivity contribution in [3.05, 3.63) is 16.3 Å². The molecule has 100 valence electrons. The summed E-state index contributed by atoms with van der Waals surface area (Å²) in [5, 5.41) is 4.94. The maximum atomic E-state index is 6.19. The van der Waals surface area contributed by atoms with Crippen LogP contribution in [0, 0.1) is 5.92 Å². The zero-order valence-corrected chi connectivity index (χ0v) is 11.8. The molecule has 1 unspecified atom stereocenters. The number of fused-ring (bicyclic) bond motifs is 1. The smallest absolute Gasteiger partial charge is 0.261 e. The Kier molecular flexibility index (Phi) is 2.45. The van der Waals surface area contributed by atoms with Crippen molar-refractivity contribution >= 4 is 16.3 Å². The zero-order chi connectivity index (χ0) is 13.0. The Balaban J connectivity index is 1.77. The molecular formula is C14H17N3OS. The highest BCUT2D eigenvalue weighted by atomic mass is 32.1. The molecule has 1 fully saturated rings. The molecule has 2 heterocycles. The van der Waals surface area contributed by atoms with Gasteiger partial charge in [0, 0.05) is 10.8 Å². The zero-order valence-electron chi connectivity index (χ0n) is 11.0. The molecule has 0 saturated heterocycles. The predicted octanol–water partition coefficient (Wildman–Crippen LogP) is 3.38. The van der Waals surface area contributed by atoms with Crippen molar-refractivity contribution in [2.75, 3.05) is 5.73 Å². The monoisotopic (exact) mass is 275 g/mol. The fraction of sp³-hybridized carbons (Fsp3) is 0.571. The van der Waals surface area contributed by atoms with Crippen molar-refractivity contribution in [3.8, 4) is 11.5 Å². The van der Waals surface area contributed by atoms with E-state index in [0.29, 0.717) is 11.8 Å². The molecule has 19 heavy (non-hydrogen) atoms. The van der Waals surface area contributed by atoms with E-state index in [0.717, 1.165) is 35.1 Å². The topological polar surface area (TPSA) is 64.9 Å². The van der Waals surface area contributed by atoms with E-state index in [1.165, 1.54) is 29.7 Å². The highest BCUT2D eigenvalue weighted by Gasteiger charge is 2.31. The van der Waals surface area contributed by atoms with Gasteiger partial charge in [-0.2, -0.15) is 4.98 Å². The Morgan fingerprint density at radius 3 is 2.95 bits per heavy atom. The molecule has 0 aliphatic heterocycles. The van der Waals surface area contributed by atoms with Crippen molar-refractivity contribution in [1.29, 1.82) is 0 Å². The van der Waals surface area contributed by atoms with Gasteiger partial charge < -0.3 is 10.3 Å². The summed E-state index contributed by atoms with van der Waals surface area (Å²) in [6, 6.07) is 0. The molecule has 0 amide bonds. The van der Waals surface area contributed by atoms with Crippen LogP contribution < -0.4 is 5.73 Å². The number of hydrogen-bond donors (Lipinski definition) is 1. The molecule has 1 saturated carbocycles. The van der Waals surface area contributed by atoms with Crippen molar-refractivity contribution in [2.45, 2.75) is 44.9 Å². The van der Waals surface area contributed by atoms with E-state index in [1.54, 1.807) is 11.3 Å². The third-order valence-corrected chi connectivity index (χ3v) is 5.22. The second-order valence-corrected chi connectivity index (χ2v) is 6.96. The Morgan fingerprint density at radius 2 is 2.16 bits per heavy atom. The summed E-state index contributed by atoms with van der Waals surface area (Å²) in [6.07, 6.45) is 5.82. The van der Waals surface area contributed by atoms with Crippen LogP contribution in [0.5, 0.6) is 0 Å². The summed E-state index contributed by atoms with van der Waals surface area (Å²) in [7, 11) is 0. The van der Waals surface area contributed by atoms with Gasteiger partial charge in [0.05, 0.1) is 10.6 Å². The van der Waals surface area contributed by atoms with E-state index < -0.39 is 0 Å². The lowest BCUT2D eigenvalue weighted by Gasteiger charge is -2.18. The molecule has 0 spiro atoms. The number of hydrogen-bond acceptors (Lipinski definition) is 5. The minimum absolute atomic E-state index is 0.521. The van der Waals surface area contributed by atoms with Crippen molar-refractivity contribution in [1.82, 2.24) is 10.1 Å². The standard InChI is InChI=1S/C14H17N3OS/c1-7-2-5-9-10(6-7)19-12(15)11(9)14-16-13(17-18-14)8-3-4-8/h7-8H,2-6,15H2,1H3. The van der Waals surface area contributed by atoms with Crippen molar-refractivity contribution in [3.63, 3.8) is 0 Å². The average molecular weight is 275 g/mol. The Morgan fingerprint density at radius 1 is 1.32 bits per heavy atom. The fourth-order valence-corrected chi connectivity index (χ4v) is 4.12. The lowest BCUT2D eigenvalue weighted by atomic mass is 9.88. The number of nitrogens with zero attached hydrogens (tertiary/aromatic N) is 2. The van der Waals surface area contributed by atoms with Crippen LogP contribution in [0.25, 0.3) is 11.5 Å². The van der Waals surface area contributed by atoms with E-state index in [9.17, 15) is 0 Å². The number of aromatic nitrogens is 2. The molecule has 1 atom stereocenters. The summed E-state index contributed by atoms with van der Waals surface area (Å²) in [5.41, 5.74) is 8.56. The number of anilines is 1. The molecule has 5 heteroatoms. The average Bonchev–Trinajstić information content (AvgIpc) is 3.02. The summed E-state index contributed by atoms with van der Waals surface area (Å²) in [4.78, 5) is 5.97. The van der Waals surface area contributed by atoms with E-state index in [4.69, 9.17) is 10.3 Å². The minimum atomic E-state index is 0.521. The Bertz CT molecular complexity index is 627. The SMILES string of the molecule is CC1CCc2c(sc(N)c2-c2nc(C3CC3)no2)C1. The highest BCUT2D eigenvalue weighted by molar-refractivity contribution is 7.16. The first kappa shape index (κ1) is 11.5. The van der Waals surface area contributed by atoms with Crippen LogP contribution in [0.15, 0.2) is 4.52 Å². The van der Waals surface area contributed by atoms with Crippen molar-refractivity contribution < 1.29 is 4.52 Å². The first-order valence-corrected chi connectivity index (χ1v) is 7.78. The van der Waals surface area contributed by atoms with Crippen LogP contribution in [0.3, 0.4) is 0 Å². The van der Waals surface area contributed by atoms with Crippen LogP contribution in [-0.2, 0) is 12.8 Å². The van der Waals surface area contributed by atoms with Gasteiger partial charge in [0.15, 0.2) is 5.82 Å². The van der Waals surface area contributed by atoms with E-state index >= 15 is 0 Å². The largest absolute Gasteiger partial charge is 0.390 e. The first-order valence-electron chi connectivity index (χ1n) is 6.96. The summed E-state index contributed by atoms with van der Waals surface area (Å²) in [5.74, 6) is 2.77. The van der Waals surface area contributed by atoms with Crippen LogP contribution in [0.1, 0.15) is 48.4 Å².